The molecule has 2 aromatic heterocycles. The average molecular weight is 280 g/mol. The number of hydrogen-bond donors (Lipinski definition) is 1. The minimum atomic E-state index is 0.397. The zero-order valence-corrected chi connectivity index (χ0v) is 11.7. The molecule has 0 radical (unpaired) electrons. The van der Waals surface area contributed by atoms with Crippen LogP contribution >= 0.6 is 0 Å². The Kier molecular flexibility index (Phi) is 2.39. The molecule has 4 nitrogen and oxygen atoms in total. The van der Waals surface area contributed by atoms with Crippen LogP contribution in [0, 0.1) is 13.8 Å². The standard InChI is InChI=1S/C16H13FN4/c1-9-7-12-13(8-10(9)2)19-16(18-12)15-11-5-3-4-6-14(11)21(17)20-15/h3-8H,1-2H3,(H,18,19). The van der Waals surface area contributed by atoms with Crippen molar-refractivity contribution in [1.82, 2.24) is 20.0 Å². The van der Waals surface area contributed by atoms with Crippen LogP contribution in [0.25, 0.3) is 33.5 Å². The summed E-state index contributed by atoms with van der Waals surface area (Å²) in [7, 11) is 0. The first-order chi connectivity index (χ1) is 10.1. The maximum atomic E-state index is 13.8. The number of imidazole rings is 1. The topological polar surface area (TPSA) is 46.5 Å². The smallest absolute Gasteiger partial charge is 0.159 e. The van der Waals surface area contributed by atoms with Crippen molar-refractivity contribution in [3.05, 3.63) is 47.5 Å². The summed E-state index contributed by atoms with van der Waals surface area (Å²) in [6.07, 6.45) is 0. The Hall–Kier alpha value is -2.69. The zero-order chi connectivity index (χ0) is 14.6. The number of hydrogen-bond acceptors (Lipinski definition) is 2. The molecule has 0 aliphatic rings. The van der Waals surface area contributed by atoms with Crippen LogP contribution in [0.2, 0.25) is 0 Å². The molecule has 0 spiro atoms. The first-order valence-electron chi connectivity index (χ1n) is 6.75. The van der Waals surface area contributed by atoms with E-state index in [1.54, 1.807) is 12.1 Å². The number of nitrogens with one attached hydrogen (secondary N) is 1. The fraction of sp³-hybridized carbons (Fsp3) is 0.125. The maximum absolute atomic E-state index is 13.8. The predicted molar refractivity (Wildman–Crippen MR) is 80.8 cm³/mol. The van der Waals surface area contributed by atoms with Crippen molar-refractivity contribution in [1.29, 1.82) is 0 Å². The number of rotatable bonds is 1. The minimum absolute atomic E-state index is 0.397. The molecule has 0 atom stereocenters. The number of fused-ring (bicyclic) bond motifs is 2. The summed E-state index contributed by atoms with van der Waals surface area (Å²) >= 11 is 0. The van der Waals surface area contributed by atoms with Gasteiger partial charge in [-0.1, -0.05) is 27.6 Å². The lowest BCUT2D eigenvalue weighted by atomic mass is 10.1. The van der Waals surface area contributed by atoms with Gasteiger partial charge in [-0.15, -0.1) is 5.10 Å². The number of halogens is 1. The molecule has 0 amide bonds. The predicted octanol–water partition coefficient (Wildman–Crippen LogP) is 3.93. The Labute approximate surface area is 120 Å². The second-order valence-electron chi connectivity index (χ2n) is 5.26. The van der Waals surface area contributed by atoms with Crippen molar-refractivity contribution >= 4 is 21.9 Å². The van der Waals surface area contributed by atoms with E-state index < -0.39 is 0 Å². The van der Waals surface area contributed by atoms with Crippen molar-refractivity contribution in [2.24, 2.45) is 0 Å². The highest BCUT2D eigenvalue weighted by Crippen LogP contribution is 2.28. The molecule has 0 bridgehead atoms. The first kappa shape index (κ1) is 12.1. The molecule has 0 saturated heterocycles. The monoisotopic (exact) mass is 280 g/mol. The van der Waals surface area contributed by atoms with Gasteiger partial charge in [-0.3, -0.25) is 0 Å². The van der Waals surface area contributed by atoms with E-state index in [1.165, 1.54) is 11.1 Å². The number of benzene rings is 2. The second-order valence-corrected chi connectivity index (χ2v) is 5.26. The SMILES string of the molecule is Cc1cc2nc(-c3nn(F)c4ccccc34)[nH]c2cc1C. The summed E-state index contributed by atoms with van der Waals surface area (Å²) in [4.78, 5) is 8.18. The highest BCUT2D eigenvalue weighted by molar-refractivity contribution is 5.93. The fourth-order valence-electron chi connectivity index (χ4n) is 2.59. The summed E-state index contributed by atoms with van der Waals surface area (Å²) in [5.41, 5.74) is 5.15. The third-order valence-corrected chi connectivity index (χ3v) is 3.87. The molecular weight excluding hydrogens is 267 g/mol. The Balaban J connectivity index is 2.00. The number of para-hydroxylation sites is 1. The van der Waals surface area contributed by atoms with Gasteiger partial charge >= 0.3 is 0 Å². The molecule has 4 rings (SSSR count). The highest BCUT2D eigenvalue weighted by Gasteiger charge is 2.15. The van der Waals surface area contributed by atoms with Gasteiger partial charge in [-0.05, 0) is 43.2 Å². The van der Waals surface area contributed by atoms with Crippen molar-refractivity contribution in [2.45, 2.75) is 13.8 Å². The van der Waals surface area contributed by atoms with Crippen LogP contribution in [0.5, 0.6) is 0 Å². The molecule has 0 saturated carbocycles. The lowest BCUT2D eigenvalue weighted by Gasteiger charge is -1.97. The first-order valence-corrected chi connectivity index (χ1v) is 6.75. The van der Waals surface area contributed by atoms with Crippen LogP contribution in [-0.4, -0.2) is 20.0 Å². The summed E-state index contributed by atoms with van der Waals surface area (Å²) < 4.78 is 13.8. The van der Waals surface area contributed by atoms with Gasteiger partial charge in [0.25, 0.3) is 0 Å². The van der Waals surface area contributed by atoms with Crippen molar-refractivity contribution in [3.63, 3.8) is 0 Å². The van der Waals surface area contributed by atoms with E-state index in [0.717, 1.165) is 16.4 Å². The highest BCUT2D eigenvalue weighted by atomic mass is 19.2. The average Bonchev–Trinajstić information content (AvgIpc) is 3.01. The van der Waals surface area contributed by atoms with Gasteiger partial charge < -0.3 is 4.98 Å². The Morgan fingerprint density at radius 2 is 1.86 bits per heavy atom. The number of aromatic amines is 1. The van der Waals surface area contributed by atoms with E-state index in [0.29, 0.717) is 21.9 Å². The quantitative estimate of drug-likeness (QED) is 0.574. The van der Waals surface area contributed by atoms with E-state index in [-0.39, 0.29) is 0 Å². The van der Waals surface area contributed by atoms with Crippen molar-refractivity contribution in [3.8, 4) is 11.5 Å². The van der Waals surface area contributed by atoms with Gasteiger partial charge in [-0.2, -0.15) is 0 Å². The van der Waals surface area contributed by atoms with Gasteiger partial charge in [0.05, 0.1) is 11.0 Å². The van der Waals surface area contributed by atoms with E-state index in [9.17, 15) is 4.48 Å². The number of aromatic nitrogens is 4. The van der Waals surface area contributed by atoms with Gasteiger partial charge in [0, 0.05) is 5.39 Å². The van der Waals surface area contributed by atoms with Crippen LogP contribution in [0.15, 0.2) is 36.4 Å². The van der Waals surface area contributed by atoms with Gasteiger partial charge in [-0.25, -0.2) is 4.98 Å². The Bertz CT molecular complexity index is 942. The van der Waals surface area contributed by atoms with Crippen LogP contribution < -0.4 is 0 Å². The van der Waals surface area contributed by atoms with E-state index in [1.807, 2.05) is 18.2 Å². The van der Waals surface area contributed by atoms with Crippen LogP contribution in [-0.2, 0) is 0 Å². The molecule has 0 aliphatic heterocycles. The Morgan fingerprint density at radius 3 is 2.71 bits per heavy atom. The number of H-pyrrole nitrogens is 1. The molecular formula is C16H13FN4. The van der Waals surface area contributed by atoms with Gasteiger partial charge in [0.15, 0.2) is 5.82 Å². The molecule has 0 fully saturated rings. The summed E-state index contributed by atoms with van der Waals surface area (Å²) in [5, 5.41) is 4.70. The third-order valence-electron chi connectivity index (χ3n) is 3.87. The van der Waals surface area contributed by atoms with Crippen molar-refractivity contribution in [2.75, 3.05) is 0 Å². The minimum Gasteiger partial charge on any atom is -0.337 e. The molecule has 0 unspecified atom stereocenters. The van der Waals surface area contributed by atoms with Gasteiger partial charge in [0.2, 0.25) is 0 Å². The maximum Gasteiger partial charge on any atom is 0.159 e. The van der Waals surface area contributed by atoms with Crippen LogP contribution in [0.3, 0.4) is 0 Å². The number of nitrogens with zero attached hydrogens (tertiary/aromatic N) is 3. The molecule has 2 aromatic carbocycles. The summed E-state index contributed by atoms with van der Waals surface area (Å²) in [5.74, 6) is 0.586. The lowest BCUT2D eigenvalue weighted by molar-refractivity contribution is 0.333. The normalized spacial score (nSPS) is 11.6. The summed E-state index contributed by atoms with van der Waals surface area (Å²) in [6, 6.07) is 11.3. The molecule has 4 aromatic rings. The molecule has 21 heavy (non-hydrogen) atoms. The van der Waals surface area contributed by atoms with E-state index in [4.69, 9.17) is 0 Å². The molecule has 2 heterocycles. The van der Waals surface area contributed by atoms with E-state index in [2.05, 4.69) is 35.0 Å². The van der Waals surface area contributed by atoms with Crippen LogP contribution in [0.4, 0.5) is 4.48 Å². The largest absolute Gasteiger partial charge is 0.337 e. The zero-order valence-electron chi connectivity index (χ0n) is 11.7. The summed E-state index contributed by atoms with van der Waals surface area (Å²) in [6.45, 7) is 4.11. The number of aryl methyl sites for hydroxylation is 2. The molecule has 0 aliphatic carbocycles. The molecule has 5 heteroatoms. The molecule has 1 N–H and O–H groups in total. The molecule has 104 valence electrons. The third kappa shape index (κ3) is 1.74. The van der Waals surface area contributed by atoms with E-state index >= 15 is 0 Å². The Morgan fingerprint density at radius 1 is 1.10 bits per heavy atom. The fourth-order valence-corrected chi connectivity index (χ4v) is 2.59. The lowest BCUT2D eigenvalue weighted by Crippen LogP contribution is -1.85. The van der Waals surface area contributed by atoms with Crippen molar-refractivity contribution < 1.29 is 4.48 Å². The van der Waals surface area contributed by atoms with Crippen LogP contribution in [0.1, 0.15) is 11.1 Å². The van der Waals surface area contributed by atoms with Gasteiger partial charge in [0.1, 0.15) is 11.2 Å². The second kappa shape index (κ2) is 4.15.